The van der Waals surface area contributed by atoms with Gasteiger partial charge in [-0.15, -0.1) is 0 Å². The first-order valence-electron chi connectivity index (χ1n) is 10.4. The second-order valence-corrected chi connectivity index (χ2v) is 10.4. The lowest BCUT2D eigenvalue weighted by Crippen LogP contribution is -2.23. The zero-order valence-corrected chi connectivity index (χ0v) is 19.2. The van der Waals surface area contributed by atoms with E-state index in [9.17, 15) is 21.6 Å². The van der Waals surface area contributed by atoms with E-state index >= 15 is 0 Å². The van der Waals surface area contributed by atoms with Crippen molar-refractivity contribution in [2.75, 3.05) is 26.0 Å². The number of halogens is 3. The van der Waals surface area contributed by atoms with Gasteiger partial charge in [0.25, 0.3) is 0 Å². The van der Waals surface area contributed by atoms with E-state index in [0.717, 1.165) is 30.3 Å². The van der Waals surface area contributed by atoms with Crippen molar-refractivity contribution < 1.29 is 31.1 Å². The molecule has 176 valence electrons. The van der Waals surface area contributed by atoms with Crippen molar-refractivity contribution in [3.63, 3.8) is 0 Å². The molecule has 1 aliphatic heterocycles. The van der Waals surface area contributed by atoms with Gasteiger partial charge < -0.3 is 9.47 Å². The van der Waals surface area contributed by atoms with Gasteiger partial charge in [-0.25, -0.2) is 8.42 Å². The fourth-order valence-electron chi connectivity index (χ4n) is 3.88. The van der Waals surface area contributed by atoms with Crippen molar-refractivity contribution in [3.05, 3.63) is 53.6 Å². The van der Waals surface area contributed by atoms with Gasteiger partial charge >= 0.3 is 6.18 Å². The second kappa shape index (κ2) is 9.70. The second-order valence-electron chi connectivity index (χ2n) is 8.35. The van der Waals surface area contributed by atoms with Gasteiger partial charge in [-0.3, -0.25) is 4.90 Å². The summed E-state index contributed by atoms with van der Waals surface area (Å²) in [5.74, 6) is 0.992. The van der Waals surface area contributed by atoms with Crippen molar-refractivity contribution in [1.82, 2.24) is 4.90 Å². The Balaban J connectivity index is 1.63. The molecule has 2 aromatic carbocycles. The summed E-state index contributed by atoms with van der Waals surface area (Å²) in [4.78, 5) is 1.86. The molecule has 0 radical (unpaired) electrons. The zero-order chi connectivity index (χ0) is 23.5. The summed E-state index contributed by atoms with van der Waals surface area (Å²) in [6.07, 6.45) is -3.89. The Kier molecular flexibility index (Phi) is 7.39. The van der Waals surface area contributed by atoms with Gasteiger partial charge in [0.2, 0.25) is 0 Å². The molecular formula is C23H28F3NO4S. The number of methoxy groups -OCH3 is 1. The first kappa shape index (κ1) is 24.4. The Labute approximate surface area is 187 Å². The van der Waals surface area contributed by atoms with Crippen LogP contribution in [0.5, 0.6) is 11.5 Å². The molecule has 1 atom stereocenters. The minimum absolute atomic E-state index is 0.0212. The standard InChI is InChI=1S/C23H28F3NO4S/c1-16(2)31-21-8-7-17(11-22(21)30-3)13-27-10-9-18(14-27)15-32(28,29)20-6-4-5-19(12-20)23(24,25)26/h4-8,11-12,16,18H,9-10,13-15H2,1-3H3/t18-/m1/s1. The van der Waals surface area contributed by atoms with E-state index in [-0.39, 0.29) is 22.7 Å². The van der Waals surface area contributed by atoms with Crippen molar-refractivity contribution >= 4 is 9.84 Å². The summed E-state index contributed by atoms with van der Waals surface area (Å²) in [6.45, 7) is 5.77. The number of nitrogens with zero attached hydrogens (tertiary/aromatic N) is 1. The van der Waals surface area contributed by atoms with Crippen LogP contribution in [0.4, 0.5) is 13.2 Å². The van der Waals surface area contributed by atoms with Crippen molar-refractivity contribution in [3.8, 4) is 11.5 Å². The maximum Gasteiger partial charge on any atom is 0.416 e. The maximum atomic E-state index is 12.9. The topological polar surface area (TPSA) is 55.8 Å². The van der Waals surface area contributed by atoms with Crippen LogP contribution < -0.4 is 9.47 Å². The summed E-state index contributed by atoms with van der Waals surface area (Å²) in [7, 11) is -2.23. The van der Waals surface area contributed by atoms with Crippen LogP contribution in [-0.2, 0) is 22.6 Å². The highest BCUT2D eigenvalue weighted by atomic mass is 32.2. The van der Waals surface area contributed by atoms with E-state index in [4.69, 9.17) is 9.47 Å². The molecule has 5 nitrogen and oxygen atoms in total. The van der Waals surface area contributed by atoms with Crippen LogP contribution in [0.2, 0.25) is 0 Å². The molecule has 1 aliphatic rings. The molecule has 0 unspecified atom stereocenters. The number of likely N-dealkylation sites (tertiary alicyclic amines) is 1. The Morgan fingerprint density at radius 2 is 1.88 bits per heavy atom. The molecule has 0 aliphatic carbocycles. The highest BCUT2D eigenvalue weighted by Crippen LogP contribution is 2.32. The predicted octanol–water partition coefficient (Wildman–Crippen LogP) is 4.80. The number of rotatable bonds is 8. The molecule has 0 N–H and O–H groups in total. The quantitative estimate of drug-likeness (QED) is 0.554. The van der Waals surface area contributed by atoms with E-state index in [2.05, 4.69) is 4.90 Å². The molecular weight excluding hydrogens is 443 g/mol. The molecule has 0 saturated carbocycles. The third-order valence-corrected chi connectivity index (χ3v) is 7.22. The number of benzene rings is 2. The summed E-state index contributed by atoms with van der Waals surface area (Å²) in [6, 6.07) is 9.68. The molecule has 3 rings (SSSR count). The minimum Gasteiger partial charge on any atom is -0.493 e. The average molecular weight is 472 g/mol. The van der Waals surface area contributed by atoms with Crippen molar-refractivity contribution in [2.45, 2.75) is 44.0 Å². The zero-order valence-electron chi connectivity index (χ0n) is 18.4. The fraction of sp³-hybridized carbons (Fsp3) is 0.478. The first-order chi connectivity index (χ1) is 15.0. The van der Waals surface area contributed by atoms with E-state index < -0.39 is 21.6 Å². The highest BCUT2D eigenvalue weighted by molar-refractivity contribution is 7.91. The van der Waals surface area contributed by atoms with Crippen LogP contribution in [0.25, 0.3) is 0 Å². The lowest BCUT2D eigenvalue weighted by molar-refractivity contribution is -0.137. The Bertz CT molecular complexity index is 1040. The lowest BCUT2D eigenvalue weighted by atomic mass is 10.1. The predicted molar refractivity (Wildman–Crippen MR) is 116 cm³/mol. The molecule has 1 saturated heterocycles. The van der Waals surface area contributed by atoms with Gasteiger partial charge in [0, 0.05) is 13.1 Å². The molecule has 1 fully saturated rings. The van der Waals surface area contributed by atoms with Gasteiger partial charge in [0.15, 0.2) is 21.3 Å². The van der Waals surface area contributed by atoms with Gasteiger partial charge in [0.1, 0.15) is 0 Å². The number of sulfone groups is 1. The monoisotopic (exact) mass is 471 g/mol. The van der Waals surface area contributed by atoms with Crippen LogP contribution in [0.1, 0.15) is 31.4 Å². The summed E-state index contributed by atoms with van der Waals surface area (Å²) < 4.78 is 75.4. The van der Waals surface area contributed by atoms with Crippen LogP contribution >= 0.6 is 0 Å². The van der Waals surface area contributed by atoms with E-state index in [1.165, 1.54) is 6.07 Å². The summed E-state index contributed by atoms with van der Waals surface area (Å²) >= 11 is 0. The molecule has 0 amide bonds. The van der Waals surface area contributed by atoms with E-state index in [1.54, 1.807) is 7.11 Å². The van der Waals surface area contributed by atoms with Crippen LogP contribution in [0.15, 0.2) is 47.4 Å². The van der Waals surface area contributed by atoms with Crippen molar-refractivity contribution in [2.24, 2.45) is 5.92 Å². The van der Waals surface area contributed by atoms with Crippen LogP contribution in [0.3, 0.4) is 0 Å². The molecule has 0 bridgehead atoms. The smallest absolute Gasteiger partial charge is 0.416 e. The fourth-order valence-corrected chi connectivity index (χ4v) is 5.56. The Hall–Kier alpha value is -2.26. The number of ether oxygens (including phenoxy) is 2. The first-order valence-corrected chi connectivity index (χ1v) is 12.1. The summed E-state index contributed by atoms with van der Waals surface area (Å²) in [5.41, 5.74) is 0.0600. The van der Waals surface area contributed by atoms with E-state index in [0.29, 0.717) is 31.0 Å². The molecule has 0 spiro atoms. The van der Waals surface area contributed by atoms with Crippen LogP contribution in [-0.4, -0.2) is 45.4 Å². The Morgan fingerprint density at radius 3 is 2.53 bits per heavy atom. The summed E-state index contributed by atoms with van der Waals surface area (Å²) in [5, 5.41) is 0. The molecule has 0 aromatic heterocycles. The highest BCUT2D eigenvalue weighted by Gasteiger charge is 2.33. The largest absolute Gasteiger partial charge is 0.493 e. The number of alkyl halides is 3. The van der Waals surface area contributed by atoms with Gasteiger partial charge in [-0.05, 0) is 68.6 Å². The lowest BCUT2D eigenvalue weighted by Gasteiger charge is -2.18. The van der Waals surface area contributed by atoms with Crippen molar-refractivity contribution in [1.29, 1.82) is 0 Å². The normalized spacial score (nSPS) is 17.7. The molecule has 9 heteroatoms. The average Bonchev–Trinajstić information content (AvgIpc) is 3.14. The minimum atomic E-state index is -4.58. The number of hydrogen-bond acceptors (Lipinski definition) is 5. The third kappa shape index (κ3) is 6.16. The SMILES string of the molecule is COc1cc(CN2CC[C@@H](CS(=O)(=O)c3cccc(C(F)(F)F)c3)C2)ccc1OC(C)C. The van der Waals surface area contributed by atoms with Gasteiger partial charge in [-0.2, -0.15) is 13.2 Å². The number of hydrogen-bond donors (Lipinski definition) is 0. The van der Waals surface area contributed by atoms with Crippen LogP contribution in [0, 0.1) is 5.92 Å². The van der Waals surface area contributed by atoms with Gasteiger partial charge in [0.05, 0.1) is 29.4 Å². The Morgan fingerprint density at radius 1 is 1.12 bits per heavy atom. The van der Waals surface area contributed by atoms with Gasteiger partial charge in [-0.1, -0.05) is 12.1 Å². The third-order valence-electron chi connectivity index (χ3n) is 5.34. The molecule has 1 heterocycles. The van der Waals surface area contributed by atoms with E-state index in [1.807, 2.05) is 32.0 Å². The molecule has 32 heavy (non-hydrogen) atoms. The maximum absolute atomic E-state index is 12.9. The molecule has 2 aromatic rings.